The minimum atomic E-state index is -0.617. The van der Waals surface area contributed by atoms with Crippen LogP contribution in [0.3, 0.4) is 0 Å². The molecule has 0 radical (unpaired) electrons. The van der Waals surface area contributed by atoms with Crippen molar-refractivity contribution in [3.05, 3.63) is 28.8 Å². The standard InChI is InChI=1S/C18H24O5/c1-3-22-17(20)14-10-13(12-8-6-5-7-9-12)11-15(16(14)19)18(21)23-4-2/h10-12,19H,3-9H2,1-2H3. The Morgan fingerprint density at radius 2 is 1.48 bits per heavy atom. The molecule has 1 saturated carbocycles. The van der Waals surface area contributed by atoms with E-state index in [1.54, 1.807) is 26.0 Å². The second-order valence-corrected chi connectivity index (χ2v) is 5.74. The van der Waals surface area contributed by atoms with E-state index in [0.717, 1.165) is 31.2 Å². The molecule has 5 heteroatoms. The van der Waals surface area contributed by atoms with Crippen LogP contribution in [0.2, 0.25) is 0 Å². The van der Waals surface area contributed by atoms with E-state index in [1.807, 2.05) is 0 Å². The van der Waals surface area contributed by atoms with Crippen LogP contribution in [0.25, 0.3) is 0 Å². The van der Waals surface area contributed by atoms with Crippen LogP contribution in [-0.2, 0) is 9.47 Å². The smallest absolute Gasteiger partial charge is 0.341 e. The number of phenols is 1. The number of esters is 2. The highest BCUT2D eigenvalue weighted by Gasteiger charge is 2.25. The van der Waals surface area contributed by atoms with Gasteiger partial charge in [0.25, 0.3) is 0 Å². The maximum Gasteiger partial charge on any atom is 0.341 e. The van der Waals surface area contributed by atoms with Crippen molar-refractivity contribution in [2.45, 2.75) is 51.9 Å². The molecule has 0 heterocycles. The third-order valence-electron chi connectivity index (χ3n) is 4.20. The Hall–Kier alpha value is -2.04. The molecule has 0 unspecified atom stereocenters. The first kappa shape index (κ1) is 17.3. The van der Waals surface area contributed by atoms with E-state index in [1.165, 1.54) is 6.42 Å². The number of hydrogen-bond acceptors (Lipinski definition) is 5. The maximum absolute atomic E-state index is 12.1. The van der Waals surface area contributed by atoms with Gasteiger partial charge in [0.1, 0.15) is 16.9 Å². The van der Waals surface area contributed by atoms with E-state index in [9.17, 15) is 14.7 Å². The maximum atomic E-state index is 12.1. The molecule has 1 aliphatic rings. The van der Waals surface area contributed by atoms with Crippen LogP contribution in [0.15, 0.2) is 12.1 Å². The summed E-state index contributed by atoms with van der Waals surface area (Å²) in [5, 5.41) is 10.3. The topological polar surface area (TPSA) is 72.8 Å². The van der Waals surface area contributed by atoms with Crippen LogP contribution in [-0.4, -0.2) is 30.3 Å². The van der Waals surface area contributed by atoms with Crippen molar-refractivity contribution in [3.8, 4) is 5.75 Å². The quantitative estimate of drug-likeness (QED) is 0.836. The summed E-state index contributed by atoms with van der Waals surface area (Å²) in [7, 11) is 0. The molecule has 5 nitrogen and oxygen atoms in total. The zero-order valence-electron chi connectivity index (χ0n) is 13.8. The van der Waals surface area contributed by atoms with Gasteiger partial charge in [-0.2, -0.15) is 0 Å². The van der Waals surface area contributed by atoms with E-state index in [4.69, 9.17) is 9.47 Å². The van der Waals surface area contributed by atoms with Gasteiger partial charge in [-0.3, -0.25) is 0 Å². The Kier molecular flexibility index (Phi) is 6.02. The van der Waals surface area contributed by atoms with Gasteiger partial charge in [0.15, 0.2) is 0 Å². The molecule has 0 bridgehead atoms. The van der Waals surface area contributed by atoms with Crippen LogP contribution >= 0.6 is 0 Å². The molecule has 1 fully saturated rings. The lowest BCUT2D eigenvalue weighted by molar-refractivity contribution is 0.0518. The predicted octanol–water partition coefficient (Wildman–Crippen LogP) is 3.79. The van der Waals surface area contributed by atoms with Crippen LogP contribution in [0, 0.1) is 0 Å². The first-order valence-electron chi connectivity index (χ1n) is 8.29. The molecule has 23 heavy (non-hydrogen) atoms. The van der Waals surface area contributed by atoms with Crippen molar-refractivity contribution in [2.24, 2.45) is 0 Å². The highest BCUT2D eigenvalue weighted by Crippen LogP contribution is 2.36. The summed E-state index contributed by atoms with van der Waals surface area (Å²) in [5.41, 5.74) is 0.976. The lowest BCUT2D eigenvalue weighted by Gasteiger charge is -2.23. The largest absolute Gasteiger partial charge is 0.506 e. The minimum absolute atomic E-state index is 0.0398. The summed E-state index contributed by atoms with van der Waals surface area (Å²) in [6.07, 6.45) is 5.53. The summed E-state index contributed by atoms with van der Waals surface area (Å²) in [5.74, 6) is -1.30. The fraction of sp³-hybridized carbons (Fsp3) is 0.556. The average Bonchev–Trinajstić information content (AvgIpc) is 2.56. The van der Waals surface area contributed by atoms with Crippen molar-refractivity contribution in [1.29, 1.82) is 0 Å². The normalized spacial score (nSPS) is 15.2. The monoisotopic (exact) mass is 320 g/mol. The fourth-order valence-electron chi connectivity index (χ4n) is 3.06. The molecule has 0 amide bonds. The Morgan fingerprint density at radius 3 is 1.91 bits per heavy atom. The third-order valence-corrected chi connectivity index (χ3v) is 4.20. The highest BCUT2D eigenvalue weighted by molar-refractivity contribution is 6.00. The first-order valence-corrected chi connectivity index (χ1v) is 8.29. The lowest BCUT2D eigenvalue weighted by atomic mass is 9.82. The van der Waals surface area contributed by atoms with Gasteiger partial charge < -0.3 is 14.6 Å². The lowest BCUT2D eigenvalue weighted by Crippen LogP contribution is -2.13. The molecule has 0 atom stereocenters. The van der Waals surface area contributed by atoms with Crippen molar-refractivity contribution >= 4 is 11.9 Å². The van der Waals surface area contributed by atoms with Crippen molar-refractivity contribution < 1.29 is 24.2 Å². The molecule has 1 aliphatic carbocycles. The Bertz CT molecular complexity index is 534. The van der Waals surface area contributed by atoms with Crippen LogP contribution in [0.5, 0.6) is 5.75 Å². The Balaban J connectivity index is 2.45. The van der Waals surface area contributed by atoms with E-state index >= 15 is 0 Å². The van der Waals surface area contributed by atoms with E-state index < -0.39 is 11.9 Å². The van der Waals surface area contributed by atoms with Gasteiger partial charge in [0, 0.05) is 0 Å². The molecule has 1 N–H and O–H groups in total. The zero-order valence-corrected chi connectivity index (χ0v) is 13.8. The van der Waals surface area contributed by atoms with Gasteiger partial charge in [0.05, 0.1) is 13.2 Å². The summed E-state index contributed by atoms with van der Waals surface area (Å²) < 4.78 is 9.99. The van der Waals surface area contributed by atoms with E-state index in [2.05, 4.69) is 0 Å². The Morgan fingerprint density at radius 1 is 1.00 bits per heavy atom. The van der Waals surface area contributed by atoms with Gasteiger partial charge in [-0.05, 0) is 50.3 Å². The molecule has 1 aromatic rings. The molecule has 126 valence electrons. The van der Waals surface area contributed by atoms with E-state index in [-0.39, 0.29) is 30.1 Å². The molecule has 0 aromatic heterocycles. The number of hydrogen-bond donors (Lipinski definition) is 1. The molecule has 0 saturated heterocycles. The third kappa shape index (κ3) is 4.03. The number of aromatic hydroxyl groups is 1. The van der Waals surface area contributed by atoms with Crippen LogP contribution in [0.1, 0.15) is 78.1 Å². The number of rotatable bonds is 5. The number of phenolic OH excluding ortho intramolecular Hbond substituents is 1. The van der Waals surface area contributed by atoms with Crippen LogP contribution < -0.4 is 0 Å². The molecule has 1 aromatic carbocycles. The summed E-state index contributed by atoms with van der Waals surface area (Å²) >= 11 is 0. The first-order chi connectivity index (χ1) is 11.1. The second-order valence-electron chi connectivity index (χ2n) is 5.74. The SMILES string of the molecule is CCOC(=O)c1cc(C2CCCCC2)cc(C(=O)OCC)c1O. The van der Waals surface area contributed by atoms with Gasteiger partial charge in [-0.15, -0.1) is 0 Å². The molecule has 0 aliphatic heterocycles. The highest BCUT2D eigenvalue weighted by atomic mass is 16.5. The summed E-state index contributed by atoms with van der Waals surface area (Å²) in [6.45, 7) is 3.82. The number of ether oxygens (including phenoxy) is 2. The summed E-state index contributed by atoms with van der Waals surface area (Å²) in [4.78, 5) is 24.2. The Labute approximate surface area is 136 Å². The number of benzene rings is 1. The molecule has 2 rings (SSSR count). The number of carbonyl (C=O) groups is 2. The van der Waals surface area contributed by atoms with E-state index in [0.29, 0.717) is 5.92 Å². The van der Waals surface area contributed by atoms with Crippen LogP contribution in [0.4, 0.5) is 0 Å². The van der Waals surface area contributed by atoms with Gasteiger partial charge in [-0.25, -0.2) is 9.59 Å². The van der Waals surface area contributed by atoms with Gasteiger partial charge in [0.2, 0.25) is 0 Å². The van der Waals surface area contributed by atoms with Gasteiger partial charge >= 0.3 is 11.9 Å². The number of carbonyl (C=O) groups excluding carboxylic acids is 2. The fourth-order valence-corrected chi connectivity index (χ4v) is 3.06. The molecular formula is C18H24O5. The predicted molar refractivity (Wildman–Crippen MR) is 85.8 cm³/mol. The minimum Gasteiger partial charge on any atom is -0.506 e. The van der Waals surface area contributed by atoms with Crippen molar-refractivity contribution in [1.82, 2.24) is 0 Å². The van der Waals surface area contributed by atoms with Crippen molar-refractivity contribution in [2.75, 3.05) is 13.2 Å². The summed E-state index contributed by atoms with van der Waals surface area (Å²) in [6, 6.07) is 3.32. The average molecular weight is 320 g/mol. The van der Waals surface area contributed by atoms with Gasteiger partial charge in [-0.1, -0.05) is 19.3 Å². The van der Waals surface area contributed by atoms with Crippen molar-refractivity contribution in [3.63, 3.8) is 0 Å². The zero-order chi connectivity index (χ0) is 16.8. The molecule has 0 spiro atoms. The molecular weight excluding hydrogens is 296 g/mol. The second kappa shape index (κ2) is 7.99.